The number of methoxy groups -OCH3 is 1. The van der Waals surface area contributed by atoms with E-state index in [9.17, 15) is 4.79 Å². The van der Waals surface area contributed by atoms with Crippen LogP contribution in [0.15, 0.2) is 24.3 Å². The molecule has 1 aliphatic rings. The van der Waals surface area contributed by atoms with E-state index in [1.54, 1.807) is 7.11 Å². The van der Waals surface area contributed by atoms with Crippen molar-refractivity contribution in [2.45, 2.75) is 38.1 Å². The number of carbonyl (C=O) groups excluding carboxylic acids is 1. The number of nitrogens with two attached hydrogens (primary N) is 1. The van der Waals surface area contributed by atoms with Crippen molar-refractivity contribution in [3.63, 3.8) is 0 Å². The number of nitrogens with zero attached hydrogens (tertiary/aromatic N) is 1. The normalized spacial score (nSPS) is 19.6. The van der Waals surface area contributed by atoms with Crippen molar-refractivity contribution in [2.75, 3.05) is 20.2 Å². The molecule has 1 amide bonds. The second kappa shape index (κ2) is 8.25. The third kappa shape index (κ3) is 4.90. The van der Waals surface area contributed by atoms with E-state index in [-0.39, 0.29) is 30.3 Å². The summed E-state index contributed by atoms with van der Waals surface area (Å²) in [4.78, 5) is 14.2. The average molecular weight is 313 g/mol. The van der Waals surface area contributed by atoms with Gasteiger partial charge in [-0.2, -0.15) is 0 Å². The second-order valence-corrected chi connectivity index (χ2v) is 5.62. The van der Waals surface area contributed by atoms with E-state index in [2.05, 4.69) is 6.92 Å². The minimum absolute atomic E-state index is 0. The quantitative estimate of drug-likeness (QED) is 0.929. The number of ether oxygens (including phenoxy) is 1. The van der Waals surface area contributed by atoms with Crippen molar-refractivity contribution >= 4 is 18.3 Å². The van der Waals surface area contributed by atoms with E-state index in [0.717, 1.165) is 25.1 Å². The highest BCUT2D eigenvalue weighted by Crippen LogP contribution is 2.23. The lowest BCUT2D eigenvalue weighted by Crippen LogP contribution is -2.45. The van der Waals surface area contributed by atoms with Crippen LogP contribution in [0.1, 0.15) is 37.7 Å². The summed E-state index contributed by atoms with van der Waals surface area (Å²) in [6.45, 7) is 3.64. The Morgan fingerprint density at radius 2 is 2.10 bits per heavy atom. The maximum Gasteiger partial charge on any atom is 0.223 e. The fraction of sp³-hybridized carbons (Fsp3) is 0.562. The molecule has 0 aromatic heterocycles. The molecule has 1 aliphatic heterocycles. The van der Waals surface area contributed by atoms with Crippen LogP contribution in [0.2, 0.25) is 0 Å². The lowest BCUT2D eigenvalue weighted by atomic mass is 9.96. The van der Waals surface area contributed by atoms with E-state index in [1.807, 2.05) is 29.2 Å². The molecule has 5 heteroatoms. The molecular formula is C16H25ClN2O2. The van der Waals surface area contributed by atoms with E-state index in [1.165, 1.54) is 5.56 Å². The van der Waals surface area contributed by atoms with Gasteiger partial charge >= 0.3 is 0 Å². The number of benzene rings is 1. The van der Waals surface area contributed by atoms with E-state index < -0.39 is 0 Å². The zero-order valence-electron chi connectivity index (χ0n) is 12.7. The van der Waals surface area contributed by atoms with Gasteiger partial charge in [0.05, 0.1) is 7.11 Å². The van der Waals surface area contributed by atoms with Crippen molar-refractivity contribution < 1.29 is 9.53 Å². The Morgan fingerprint density at radius 3 is 2.67 bits per heavy atom. The number of hydrogen-bond acceptors (Lipinski definition) is 3. The minimum Gasteiger partial charge on any atom is -0.497 e. The van der Waals surface area contributed by atoms with E-state index in [0.29, 0.717) is 13.0 Å². The number of amides is 1. The van der Waals surface area contributed by atoms with Gasteiger partial charge in [0.2, 0.25) is 5.91 Å². The number of halogens is 1. The molecule has 1 heterocycles. The summed E-state index contributed by atoms with van der Waals surface area (Å²) in [6, 6.07) is 8.07. The third-order valence-electron chi connectivity index (χ3n) is 3.98. The first kappa shape index (κ1) is 17.8. The molecule has 1 saturated heterocycles. The summed E-state index contributed by atoms with van der Waals surface area (Å²) in [7, 11) is 1.65. The highest BCUT2D eigenvalue weighted by Gasteiger charge is 2.22. The topological polar surface area (TPSA) is 55.6 Å². The van der Waals surface area contributed by atoms with Gasteiger partial charge in [0.15, 0.2) is 0 Å². The van der Waals surface area contributed by atoms with Gasteiger partial charge in [-0.05, 0) is 36.5 Å². The first-order chi connectivity index (χ1) is 9.60. The molecule has 21 heavy (non-hydrogen) atoms. The molecule has 0 aliphatic carbocycles. The van der Waals surface area contributed by atoms with Gasteiger partial charge in [-0.15, -0.1) is 12.4 Å². The van der Waals surface area contributed by atoms with Crippen molar-refractivity contribution in [2.24, 2.45) is 5.73 Å². The fourth-order valence-corrected chi connectivity index (χ4v) is 2.68. The predicted molar refractivity (Wildman–Crippen MR) is 87.1 cm³/mol. The molecule has 2 N–H and O–H groups in total. The summed E-state index contributed by atoms with van der Waals surface area (Å²) in [5.41, 5.74) is 7.10. The van der Waals surface area contributed by atoms with Gasteiger partial charge < -0.3 is 15.4 Å². The molecule has 0 spiro atoms. The Morgan fingerprint density at radius 1 is 1.43 bits per heavy atom. The molecule has 2 rings (SSSR count). The lowest BCUT2D eigenvalue weighted by molar-refractivity contribution is -0.132. The third-order valence-corrected chi connectivity index (χ3v) is 3.98. The van der Waals surface area contributed by atoms with Gasteiger partial charge in [-0.25, -0.2) is 0 Å². The van der Waals surface area contributed by atoms with Crippen LogP contribution in [-0.2, 0) is 4.79 Å². The monoisotopic (exact) mass is 312 g/mol. The fourth-order valence-electron chi connectivity index (χ4n) is 2.68. The highest BCUT2D eigenvalue weighted by atomic mass is 35.5. The zero-order chi connectivity index (χ0) is 14.5. The predicted octanol–water partition coefficient (Wildman–Crippen LogP) is 2.56. The van der Waals surface area contributed by atoms with Gasteiger partial charge in [0, 0.05) is 25.6 Å². The Bertz CT molecular complexity index is 450. The summed E-state index contributed by atoms with van der Waals surface area (Å²) >= 11 is 0. The van der Waals surface area contributed by atoms with Crippen molar-refractivity contribution in [3.05, 3.63) is 29.8 Å². The second-order valence-electron chi connectivity index (χ2n) is 5.62. The Labute approximate surface area is 133 Å². The average Bonchev–Trinajstić information content (AvgIpc) is 2.47. The number of rotatable bonds is 4. The Kier molecular flexibility index (Phi) is 6.99. The van der Waals surface area contributed by atoms with Crippen LogP contribution in [0.5, 0.6) is 5.75 Å². The standard InChI is InChI=1S/C16H24N2O2.ClH/c1-12(13-5-7-15(20-2)8-6-13)10-16(19)18-9-3-4-14(17)11-18;/h5-8,12,14H,3-4,9-11,17H2,1-2H3;1H. The van der Waals surface area contributed by atoms with Gasteiger partial charge in [-0.1, -0.05) is 19.1 Å². The summed E-state index contributed by atoms with van der Waals surface area (Å²) in [5, 5.41) is 0. The smallest absolute Gasteiger partial charge is 0.223 e. The van der Waals surface area contributed by atoms with Crippen molar-refractivity contribution in [1.29, 1.82) is 0 Å². The van der Waals surface area contributed by atoms with Gasteiger partial charge in [0.25, 0.3) is 0 Å². The van der Waals surface area contributed by atoms with Crippen LogP contribution in [0.3, 0.4) is 0 Å². The van der Waals surface area contributed by atoms with Crippen LogP contribution < -0.4 is 10.5 Å². The summed E-state index contributed by atoms with van der Waals surface area (Å²) < 4.78 is 5.15. The molecule has 0 bridgehead atoms. The summed E-state index contributed by atoms with van der Waals surface area (Å²) in [6.07, 6.45) is 2.58. The zero-order valence-corrected chi connectivity index (χ0v) is 13.6. The van der Waals surface area contributed by atoms with Crippen molar-refractivity contribution in [1.82, 2.24) is 4.90 Å². The van der Waals surface area contributed by atoms with E-state index >= 15 is 0 Å². The number of likely N-dealkylation sites (tertiary alicyclic amines) is 1. The first-order valence-electron chi connectivity index (χ1n) is 7.27. The Hall–Kier alpha value is -1.26. The molecule has 118 valence electrons. The number of piperidine rings is 1. The SMILES string of the molecule is COc1ccc(C(C)CC(=O)N2CCCC(N)C2)cc1.Cl. The van der Waals surface area contributed by atoms with Crippen LogP contribution in [-0.4, -0.2) is 37.0 Å². The molecule has 1 aromatic carbocycles. The molecule has 4 nitrogen and oxygen atoms in total. The number of carbonyl (C=O) groups is 1. The molecule has 2 unspecified atom stereocenters. The molecule has 1 aromatic rings. The van der Waals surface area contributed by atoms with Gasteiger partial charge in [0.1, 0.15) is 5.75 Å². The largest absolute Gasteiger partial charge is 0.497 e. The van der Waals surface area contributed by atoms with Crippen LogP contribution in [0.4, 0.5) is 0 Å². The molecule has 0 radical (unpaired) electrons. The lowest BCUT2D eigenvalue weighted by Gasteiger charge is -2.31. The minimum atomic E-state index is 0. The maximum absolute atomic E-state index is 12.3. The molecule has 1 fully saturated rings. The molecule has 0 saturated carbocycles. The van der Waals surface area contributed by atoms with Gasteiger partial charge in [-0.3, -0.25) is 4.79 Å². The van der Waals surface area contributed by atoms with E-state index in [4.69, 9.17) is 10.5 Å². The Balaban J connectivity index is 0.00000220. The van der Waals surface area contributed by atoms with Crippen LogP contribution in [0, 0.1) is 0 Å². The molecule has 2 atom stereocenters. The first-order valence-corrected chi connectivity index (χ1v) is 7.27. The number of hydrogen-bond donors (Lipinski definition) is 1. The highest BCUT2D eigenvalue weighted by molar-refractivity contribution is 5.85. The molecular weight excluding hydrogens is 288 g/mol. The maximum atomic E-state index is 12.3. The summed E-state index contributed by atoms with van der Waals surface area (Å²) in [5.74, 6) is 1.27. The van der Waals surface area contributed by atoms with Crippen LogP contribution in [0.25, 0.3) is 0 Å². The van der Waals surface area contributed by atoms with Crippen molar-refractivity contribution in [3.8, 4) is 5.75 Å². The van der Waals surface area contributed by atoms with Crippen LogP contribution >= 0.6 is 12.4 Å².